The van der Waals surface area contributed by atoms with Crippen LogP contribution in [0.25, 0.3) is 6.08 Å². The van der Waals surface area contributed by atoms with E-state index in [-0.39, 0.29) is 11.8 Å². The van der Waals surface area contributed by atoms with Crippen LogP contribution in [0.2, 0.25) is 0 Å². The Morgan fingerprint density at radius 2 is 1.81 bits per heavy atom. The Labute approximate surface area is 155 Å². The normalized spacial score (nSPS) is 23.5. The summed E-state index contributed by atoms with van der Waals surface area (Å²) in [5.41, 5.74) is 10.3. The Morgan fingerprint density at radius 3 is 2.46 bits per heavy atom. The molecule has 4 rings (SSSR count). The van der Waals surface area contributed by atoms with Crippen molar-refractivity contribution in [1.82, 2.24) is 10.2 Å². The second-order valence-electron chi connectivity index (χ2n) is 7.27. The molecular formula is C22H27N3O. The quantitative estimate of drug-likeness (QED) is 0.884. The molecule has 1 heterocycles. The number of methoxy groups -OCH3 is 1. The highest BCUT2D eigenvalue weighted by Crippen LogP contribution is 2.45. The minimum atomic E-state index is -0.162. The lowest BCUT2D eigenvalue weighted by Crippen LogP contribution is -2.50. The fourth-order valence-corrected chi connectivity index (χ4v) is 4.38. The van der Waals surface area contributed by atoms with Crippen LogP contribution in [0.1, 0.15) is 36.8 Å². The Kier molecular flexibility index (Phi) is 4.70. The Hall–Kier alpha value is -2.30. The molecule has 1 atom stereocenters. The van der Waals surface area contributed by atoms with Crippen LogP contribution in [0.3, 0.4) is 0 Å². The first kappa shape index (κ1) is 17.1. The van der Waals surface area contributed by atoms with Gasteiger partial charge in [-0.05, 0) is 42.2 Å². The van der Waals surface area contributed by atoms with Gasteiger partial charge in [0.1, 0.15) is 12.0 Å². The molecule has 1 saturated heterocycles. The molecule has 3 N–H and O–H groups in total. The summed E-state index contributed by atoms with van der Waals surface area (Å²) in [6.07, 6.45) is 6.92. The maximum atomic E-state index is 6.53. The van der Waals surface area contributed by atoms with Gasteiger partial charge in [-0.3, -0.25) is 10.6 Å². The third-order valence-electron chi connectivity index (χ3n) is 5.74. The van der Waals surface area contributed by atoms with Crippen molar-refractivity contribution in [1.29, 1.82) is 0 Å². The van der Waals surface area contributed by atoms with Crippen molar-refractivity contribution in [2.75, 3.05) is 7.11 Å². The Morgan fingerprint density at radius 1 is 1.12 bits per heavy atom. The number of nitrogens with two attached hydrogens (primary N) is 1. The zero-order valence-electron chi connectivity index (χ0n) is 15.3. The SMILES string of the molecule is COc1ccc(CN2C(N)N/C(=C\c3ccccc3)C23CCCC3)cc1. The highest BCUT2D eigenvalue weighted by atomic mass is 16.5. The molecule has 1 aliphatic carbocycles. The first-order chi connectivity index (χ1) is 12.7. The average molecular weight is 349 g/mol. The molecule has 136 valence electrons. The zero-order chi connectivity index (χ0) is 18.0. The van der Waals surface area contributed by atoms with Crippen LogP contribution in [0, 0.1) is 0 Å². The maximum Gasteiger partial charge on any atom is 0.133 e. The largest absolute Gasteiger partial charge is 0.497 e. The smallest absolute Gasteiger partial charge is 0.133 e. The summed E-state index contributed by atoms with van der Waals surface area (Å²) in [5, 5.41) is 3.57. The van der Waals surface area contributed by atoms with Gasteiger partial charge in [0.15, 0.2) is 0 Å². The molecule has 2 aliphatic rings. The van der Waals surface area contributed by atoms with E-state index in [4.69, 9.17) is 10.5 Å². The molecule has 1 unspecified atom stereocenters. The van der Waals surface area contributed by atoms with Crippen LogP contribution >= 0.6 is 0 Å². The van der Waals surface area contributed by atoms with E-state index in [1.165, 1.54) is 29.7 Å². The van der Waals surface area contributed by atoms with Gasteiger partial charge in [-0.25, -0.2) is 0 Å². The van der Waals surface area contributed by atoms with E-state index in [0.717, 1.165) is 25.1 Å². The fourth-order valence-electron chi connectivity index (χ4n) is 4.38. The molecule has 0 aromatic heterocycles. The molecule has 4 heteroatoms. The molecule has 2 aromatic rings. The number of benzene rings is 2. The number of rotatable bonds is 4. The topological polar surface area (TPSA) is 50.5 Å². The van der Waals surface area contributed by atoms with Crippen molar-refractivity contribution in [2.24, 2.45) is 5.73 Å². The van der Waals surface area contributed by atoms with Crippen molar-refractivity contribution in [2.45, 2.75) is 44.1 Å². The molecule has 2 fully saturated rings. The first-order valence-electron chi connectivity index (χ1n) is 9.40. The van der Waals surface area contributed by atoms with Gasteiger partial charge in [-0.1, -0.05) is 55.3 Å². The zero-order valence-corrected chi connectivity index (χ0v) is 15.3. The summed E-state index contributed by atoms with van der Waals surface area (Å²) in [7, 11) is 1.70. The van der Waals surface area contributed by atoms with E-state index in [2.05, 4.69) is 58.8 Å². The van der Waals surface area contributed by atoms with Gasteiger partial charge in [-0.15, -0.1) is 0 Å². The molecule has 2 aromatic carbocycles. The van der Waals surface area contributed by atoms with E-state index in [0.29, 0.717) is 0 Å². The molecule has 26 heavy (non-hydrogen) atoms. The van der Waals surface area contributed by atoms with Gasteiger partial charge in [-0.2, -0.15) is 0 Å². The van der Waals surface area contributed by atoms with Crippen LogP contribution in [-0.2, 0) is 6.54 Å². The summed E-state index contributed by atoms with van der Waals surface area (Å²) in [5.74, 6) is 0.887. The van der Waals surface area contributed by atoms with E-state index >= 15 is 0 Å². The van der Waals surface area contributed by atoms with Crippen molar-refractivity contribution < 1.29 is 4.74 Å². The minimum absolute atomic E-state index is 0.0230. The molecule has 4 nitrogen and oxygen atoms in total. The lowest BCUT2D eigenvalue weighted by Gasteiger charge is -2.36. The number of nitrogens with one attached hydrogen (secondary N) is 1. The average Bonchev–Trinajstić information content (AvgIpc) is 3.25. The van der Waals surface area contributed by atoms with Gasteiger partial charge in [0.25, 0.3) is 0 Å². The highest BCUT2D eigenvalue weighted by molar-refractivity contribution is 5.56. The van der Waals surface area contributed by atoms with Gasteiger partial charge in [0.05, 0.1) is 12.6 Å². The molecule has 1 aliphatic heterocycles. The molecular weight excluding hydrogens is 322 g/mol. The number of nitrogens with zero attached hydrogens (tertiary/aromatic N) is 1. The third-order valence-corrected chi connectivity index (χ3v) is 5.74. The molecule has 1 spiro atoms. The fraction of sp³-hybridized carbons (Fsp3) is 0.364. The monoisotopic (exact) mass is 349 g/mol. The predicted octanol–water partition coefficient (Wildman–Crippen LogP) is 3.70. The molecule has 0 bridgehead atoms. The molecule has 1 saturated carbocycles. The van der Waals surface area contributed by atoms with Crippen molar-refractivity contribution in [3.05, 3.63) is 71.4 Å². The van der Waals surface area contributed by atoms with Gasteiger partial charge < -0.3 is 10.1 Å². The lowest BCUT2D eigenvalue weighted by molar-refractivity contribution is 0.109. The standard InChI is InChI=1S/C22H27N3O/c1-26-19-11-9-18(10-12-19)16-25-21(23)24-20(22(25)13-5-6-14-22)15-17-7-3-2-4-8-17/h2-4,7-12,15,21,24H,5-6,13-14,16,23H2,1H3/b20-15-. The maximum absolute atomic E-state index is 6.53. The highest BCUT2D eigenvalue weighted by Gasteiger charge is 2.50. The second kappa shape index (κ2) is 7.14. The molecule has 0 amide bonds. The lowest BCUT2D eigenvalue weighted by atomic mass is 9.91. The molecule has 0 radical (unpaired) electrons. The Balaban J connectivity index is 1.64. The summed E-state index contributed by atoms with van der Waals surface area (Å²) in [4.78, 5) is 2.44. The van der Waals surface area contributed by atoms with Crippen LogP contribution < -0.4 is 15.8 Å². The van der Waals surface area contributed by atoms with Crippen LogP contribution in [0.15, 0.2) is 60.3 Å². The van der Waals surface area contributed by atoms with Gasteiger partial charge in [0.2, 0.25) is 0 Å². The number of hydrogen-bond donors (Lipinski definition) is 2. The van der Waals surface area contributed by atoms with Crippen molar-refractivity contribution >= 4 is 6.08 Å². The van der Waals surface area contributed by atoms with E-state index in [1.54, 1.807) is 7.11 Å². The summed E-state index contributed by atoms with van der Waals surface area (Å²) in [6, 6.07) is 18.8. The van der Waals surface area contributed by atoms with E-state index < -0.39 is 0 Å². The first-order valence-corrected chi connectivity index (χ1v) is 9.40. The summed E-state index contributed by atoms with van der Waals surface area (Å²) < 4.78 is 5.28. The van der Waals surface area contributed by atoms with Crippen LogP contribution in [0.5, 0.6) is 5.75 Å². The Bertz CT molecular complexity index is 764. The van der Waals surface area contributed by atoms with Crippen molar-refractivity contribution in [3.63, 3.8) is 0 Å². The number of ether oxygens (including phenoxy) is 1. The van der Waals surface area contributed by atoms with Crippen LogP contribution in [0.4, 0.5) is 0 Å². The van der Waals surface area contributed by atoms with Crippen LogP contribution in [-0.4, -0.2) is 23.8 Å². The van der Waals surface area contributed by atoms with Gasteiger partial charge in [0, 0.05) is 12.2 Å². The minimum Gasteiger partial charge on any atom is -0.497 e. The predicted molar refractivity (Wildman–Crippen MR) is 105 cm³/mol. The van der Waals surface area contributed by atoms with E-state index in [9.17, 15) is 0 Å². The summed E-state index contributed by atoms with van der Waals surface area (Å²) >= 11 is 0. The van der Waals surface area contributed by atoms with Gasteiger partial charge >= 0.3 is 0 Å². The third kappa shape index (κ3) is 3.11. The second-order valence-corrected chi connectivity index (χ2v) is 7.27. The number of hydrogen-bond acceptors (Lipinski definition) is 4. The summed E-state index contributed by atoms with van der Waals surface area (Å²) in [6.45, 7) is 0.838. The van der Waals surface area contributed by atoms with Crippen molar-refractivity contribution in [3.8, 4) is 5.75 Å². The van der Waals surface area contributed by atoms with E-state index in [1.807, 2.05) is 12.1 Å².